The predicted molar refractivity (Wildman–Crippen MR) is 108 cm³/mol. The Morgan fingerprint density at radius 2 is 1.73 bits per heavy atom. The molecule has 2 amide bonds. The third kappa shape index (κ3) is 5.38. The Balaban J connectivity index is 1.60. The van der Waals surface area contributed by atoms with Crippen molar-refractivity contribution in [1.82, 2.24) is 10.2 Å². The number of ether oxygens (including phenoxy) is 1. The molecule has 2 aromatic carbocycles. The molecule has 0 bridgehead atoms. The molecule has 0 spiro atoms. The van der Waals surface area contributed by atoms with Crippen LogP contribution in [-0.2, 0) is 27.5 Å². The van der Waals surface area contributed by atoms with Crippen molar-refractivity contribution in [3.8, 4) is 5.75 Å². The summed E-state index contributed by atoms with van der Waals surface area (Å²) < 4.78 is 5.75. The highest BCUT2D eigenvalue weighted by Crippen LogP contribution is 2.21. The fourth-order valence-corrected chi connectivity index (χ4v) is 3.02. The lowest BCUT2D eigenvalue weighted by atomic mass is 10.0. The number of nitrogens with zero attached hydrogens (tertiary/aromatic N) is 1. The lowest BCUT2D eigenvalue weighted by Crippen LogP contribution is -2.43. The Morgan fingerprint density at radius 3 is 2.40 bits per heavy atom. The molecule has 3 N–H and O–H groups in total. The van der Waals surface area contributed by atoms with Crippen LogP contribution < -0.4 is 10.1 Å². The van der Waals surface area contributed by atoms with Crippen LogP contribution in [0.3, 0.4) is 0 Å². The minimum Gasteiger partial charge on any atom is -0.511 e. The number of carbonyl (C=O) groups excluding carboxylic acids is 2. The predicted octanol–water partition coefficient (Wildman–Crippen LogP) is 2.01. The zero-order chi connectivity index (χ0) is 21.5. The average molecular weight is 410 g/mol. The van der Waals surface area contributed by atoms with Crippen molar-refractivity contribution < 1.29 is 29.3 Å². The standard InChI is InChI=1S/C22H22N2O6/c25-18-10-11-24(22(29)20(18)21(28)23-12-19(26)27)13-15-6-8-17(9-7-15)30-14-16-4-2-1-3-5-16/h1-9,25H,10-14H2,(H,23,28)(H,26,27). The van der Waals surface area contributed by atoms with E-state index in [1.54, 1.807) is 12.1 Å². The summed E-state index contributed by atoms with van der Waals surface area (Å²) >= 11 is 0. The van der Waals surface area contributed by atoms with Crippen molar-refractivity contribution in [2.75, 3.05) is 13.1 Å². The van der Waals surface area contributed by atoms with Gasteiger partial charge in [-0.05, 0) is 23.3 Å². The Hall–Kier alpha value is -3.81. The first-order valence-corrected chi connectivity index (χ1v) is 9.41. The number of aliphatic carboxylic acids is 1. The van der Waals surface area contributed by atoms with Crippen LogP contribution in [0, 0.1) is 0 Å². The summed E-state index contributed by atoms with van der Waals surface area (Å²) in [5, 5.41) is 20.7. The van der Waals surface area contributed by atoms with Gasteiger partial charge in [-0.15, -0.1) is 0 Å². The van der Waals surface area contributed by atoms with Gasteiger partial charge in [-0.2, -0.15) is 0 Å². The topological polar surface area (TPSA) is 116 Å². The van der Waals surface area contributed by atoms with Gasteiger partial charge < -0.3 is 25.2 Å². The van der Waals surface area contributed by atoms with Gasteiger partial charge in [-0.3, -0.25) is 14.4 Å². The van der Waals surface area contributed by atoms with Crippen LogP contribution in [-0.4, -0.2) is 46.0 Å². The van der Waals surface area contributed by atoms with Gasteiger partial charge in [-0.1, -0.05) is 42.5 Å². The van der Waals surface area contributed by atoms with Gasteiger partial charge in [0.25, 0.3) is 11.8 Å². The molecule has 3 rings (SSSR count). The highest BCUT2D eigenvalue weighted by atomic mass is 16.5. The molecule has 0 aromatic heterocycles. The lowest BCUT2D eigenvalue weighted by molar-refractivity contribution is -0.138. The van der Waals surface area contributed by atoms with Crippen LogP contribution in [0.25, 0.3) is 0 Å². The van der Waals surface area contributed by atoms with Crippen LogP contribution in [0.15, 0.2) is 65.9 Å². The lowest BCUT2D eigenvalue weighted by Gasteiger charge is -2.28. The van der Waals surface area contributed by atoms with Crippen molar-refractivity contribution >= 4 is 17.8 Å². The molecule has 1 aliphatic rings. The number of nitrogens with one attached hydrogen (secondary N) is 1. The monoisotopic (exact) mass is 410 g/mol. The molecule has 8 heteroatoms. The molecule has 0 unspecified atom stereocenters. The molecular weight excluding hydrogens is 388 g/mol. The average Bonchev–Trinajstić information content (AvgIpc) is 2.74. The Labute approximate surface area is 173 Å². The van der Waals surface area contributed by atoms with E-state index in [0.717, 1.165) is 11.1 Å². The molecule has 1 aliphatic heterocycles. The molecule has 8 nitrogen and oxygen atoms in total. The number of carbonyl (C=O) groups is 3. The second-order valence-corrected chi connectivity index (χ2v) is 6.79. The van der Waals surface area contributed by atoms with E-state index in [-0.39, 0.29) is 25.3 Å². The van der Waals surface area contributed by atoms with Crippen LogP contribution in [0.5, 0.6) is 5.75 Å². The first-order valence-electron chi connectivity index (χ1n) is 9.41. The van der Waals surface area contributed by atoms with E-state index in [4.69, 9.17) is 9.84 Å². The van der Waals surface area contributed by atoms with E-state index in [0.29, 0.717) is 12.4 Å². The highest BCUT2D eigenvalue weighted by Gasteiger charge is 2.32. The number of aliphatic hydroxyl groups excluding tert-OH is 1. The Morgan fingerprint density at radius 1 is 1.03 bits per heavy atom. The van der Waals surface area contributed by atoms with Gasteiger partial charge in [0.05, 0.1) is 0 Å². The van der Waals surface area contributed by atoms with Gasteiger partial charge in [-0.25, -0.2) is 0 Å². The second-order valence-electron chi connectivity index (χ2n) is 6.79. The number of benzene rings is 2. The van der Waals surface area contributed by atoms with Crippen molar-refractivity contribution in [1.29, 1.82) is 0 Å². The molecular formula is C22H22N2O6. The highest BCUT2D eigenvalue weighted by molar-refractivity contribution is 6.19. The van der Waals surface area contributed by atoms with Crippen molar-refractivity contribution in [3.63, 3.8) is 0 Å². The molecule has 156 valence electrons. The fraction of sp³-hybridized carbons (Fsp3) is 0.227. The number of carboxylic acids is 1. The third-order valence-electron chi connectivity index (χ3n) is 4.58. The Kier molecular flexibility index (Phi) is 6.69. The van der Waals surface area contributed by atoms with Crippen LogP contribution >= 0.6 is 0 Å². The molecule has 0 saturated carbocycles. The Bertz CT molecular complexity index is 953. The SMILES string of the molecule is O=C(O)CNC(=O)C1=C(O)CCN(Cc2ccc(OCc3ccccc3)cc2)C1=O. The molecule has 1 heterocycles. The first-order chi connectivity index (χ1) is 14.4. The molecule has 30 heavy (non-hydrogen) atoms. The molecule has 0 atom stereocenters. The summed E-state index contributed by atoms with van der Waals surface area (Å²) in [6.45, 7) is 0.324. The third-order valence-corrected chi connectivity index (χ3v) is 4.58. The number of amides is 2. The summed E-state index contributed by atoms with van der Waals surface area (Å²) in [6, 6.07) is 17.1. The van der Waals surface area contributed by atoms with Crippen LogP contribution in [0.1, 0.15) is 17.5 Å². The number of rotatable bonds is 8. The number of hydrogen-bond donors (Lipinski definition) is 3. The number of aliphatic hydroxyl groups is 1. The fourth-order valence-electron chi connectivity index (χ4n) is 3.02. The zero-order valence-electron chi connectivity index (χ0n) is 16.2. The van der Waals surface area contributed by atoms with E-state index in [2.05, 4.69) is 5.32 Å². The van der Waals surface area contributed by atoms with E-state index in [9.17, 15) is 19.5 Å². The molecule has 2 aromatic rings. The summed E-state index contributed by atoms with van der Waals surface area (Å²) in [5.74, 6) is -2.40. The smallest absolute Gasteiger partial charge is 0.322 e. The number of carboxylic acid groups (broad SMARTS) is 1. The largest absolute Gasteiger partial charge is 0.511 e. The molecule has 0 aliphatic carbocycles. The van der Waals surface area contributed by atoms with E-state index < -0.39 is 29.9 Å². The van der Waals surface area contributed by atoms with E-state index >= 15 is 0 Å². The van der Waals surface area contributed by atoms with Gasteiger partial charge in [0, 0.05) is 19.5 Å². The summed E-state index contributed by atoms with van der Waals surface area (Å²) in [7, 11) is 0. The van der Waals surface area contributed by atoms with E-state index in [1.807, 2.05) is 42.5 Å². The van der Waals surface area contributed by atoms with Gasteiger partial charge in [0.15, 0.2) is 0 Å². The maximum atomic E-state index is 12.6. The van der Waals surface area contributed by atoms with Crippen molar-refractivity contribution in [3.05, 3.63) is 77.1 Å². The quantitative estimate of drug-likeness (QED) is 0.574. The van der Waals surface area contributed by atoms with Gasteiger partial charge in [0.1, 0.15) is 30.2 Å². The van der Waals surface area contributed by atoms with Gasteiger partial charge >= 0.3 is 5.97 Å². The normalized spacial score (nSPS) is 13.9. The summed E-state index contributed by atoms with van der Waals surface area (Å²) in [5.41, 5.74) is 1.48. The maximum absolute atomic E-state index is 12.6. The van der Waals surface area contributed by atoms with Crippen molar-refractivity contribution in [2.45, 2.75) is 19.6 Å². The second kappa shape index (κ2) is 9.60. The van der Waals surface area contributed by atoms with Crippen molar-refractivity contribution in [2.24, 2.45) is 0 Å². The molecule has 0 fully saturated rings. The molecule has 0 saturated heterocycles. The van der Waals surface area contributed by atoms with Crippen LogP contribution in [0.4, 0.5) is 0 Å². The summed E-state index contributed by atoms with van der Waals surface area (Å²) in [4.78, 5) is 36.8. The minimum atomic E-state index is -1.24. The zero-order valence-corrected chi connectivity index (χ0v) is 16.2. The van der Waals surface area contributed by atoms with E-state index in [1.165, 1.54) is 4.90 Å². The van der Waals surface area contributed by atoms with Gasteiger partial charge in [0.2, 0.25) is 0 Å². The first kappa shape index (κ1) is 20.9. The van der Waals surface area contributed by atoms with Crippen LogP contribution in [0.2, 0.25) is 0 Å². The minimum absolute atomic E-state index is 0.125. The molecule has 0 radical (unpaired) electrons. The summed E-state index contributed by atoms with van der Waals surface area (Å²) in [6.07, 6.45) is 0.125. The number of hydrogen-bond acceptors (Lipinski definition) is 5. The maximum Gasteiger partial charge on any atom is 0.322 e.